The maximum absolute atomic E-state index is 11.9. The Kier molecular flexibility index (Phi) is 6.28. The molecule has 1 aromatic rings. The number of rotatable bonds is 6. The van der Waals surface area contributed by atoms with Crippen molar-refractivity contribution in [1.29, 1.82) is 0 Å². The van der Waals surface area contributed by atoms with Gasteiger partial charge in [0, 0.05) is 24.1 Å². The van der Waals surface area contributed by atoms with Gasteiger partial charge >= 0.3 is 5.97 Å². The Balaban J connectivity index is 1.85. The lowest BCUT2D eigenvalue weighted by Crippen LogP contribution is -2.26. The topological polar surface area (TPSA) is 98.4 Å². The lowest BCUT2D eigenvalue weighted by molar-refractivity contribution is -0.134. The molecule has 0 atom stereocenters. The van der Waals surface area contributed by atoms with Crippen LogP contribution in [-0.2, 0) is 14.3 Å². The Morgan fingerprint density at radius 3 is 3.04 bits per heavy atom. The van der Waals surface area contributed by atoms with Gasteiger partial charge in [0.15, 0.2) is 5.16 Å². The van der Waals surface area contributed by atoms with Crippen molar-refractivity contribution in [3.8, 4) is 0 Å². The van der Waals surface area contributed by atoms with E-state index < -0.39 is 5.97 Å². The van der Waals surface area contributed by atoms with Crippen molar-refractivity contribution in [3.63, 3.8) is 0 Å². The molecule has 124 valence electrons. The molecule has 0 spiro atoms. The lowest BCUT2D eigenvalue weighted by atomic mass is 10.4. The van der Waals surface area contributed by atoms with E-state index in [2.05, 4.69) is 14.7 Å². The Bertz CT molecular complexity index is 616. The molecular formula is C14H18N4O3S2. The molecule has 0 aliphatic carbocycles. The summed E-state index contributed by atoms with van der Waals surface area (Å²) >= 11 is 2.84. The SMILES string of the molecule is COC(=O)/C=C1/SCC(=O)N1CCCSc1nc(C)cc(N)n1. The van der Waals surface area contributed by atoms with Crippen molar-refractivity contribution in [1.82, 2.24) is 14.9 Å². The molecule has 23 heavy (non-hydrogen) atoms. The fourth-order valence-electron chi connectivity index (χ4n) is 1.94. The van der Waals surface area contributed by atoms with Gasteiger partial charge in [-0.05, 0) is 13.3 Å². The van der Waals surface area contributed by atoms with Crippen molar-refractivity contribution in [2.45, 2.75) is 18.5 Å². The zero-order valence-corrected chi connectivity index (χ0v) is 14.6. The summed E-state index contributed by atoms with van der Waals surface area (Å²) in [6.07, 6.45) is 2.11. The van der Waals surface area contributed by atoms with Gasteiger partial charge in [0.2, 0.25) is 5.91 Å². The molecule has 1 fully saturated rings. The predicted molar refractivity (Wildman–Crippen MR) is 90.8 cm³/mol. The first-order valence-corrected chi connectivity index (χ1v) is 8.93. The van der Waals surface area contributed by atoms with Gasteiger partial charge < -0.3 is 15.4 Å². The summed E-state index contributed by atoms with van der Waals surface area (Å²) in [6, 6.07) is 1.72. The van der Waals surface area contributed by atoms with Gasteiger partial charge in [0.25, 0.3) is 0 Å². The lowest BCUT2D eigenvalue weighted by Gasteiger charge is -2.16. The van der Waals surface area contributed by atoms with Gasteiger partial charge in [-0.25, -0.2) is 14.8 Å². The summed E-state index contributed by atoms with van der Waals surface area (Å²) in [7, 11) is 1.31. The van der Waals surface area contributed by atoms with Crippen LogP contribution in [0.5, 0.6) is 0 Å². The number of esters is 1. The molecule has 1 amide bonds. The highest BCUT2D eigenvalue weighted by Crippen LogP contribution is 2.29. The van der Waals surface area contributed by atoms with Crippen LogP contribution in [0.2, 0.25) is 0 Å². The largest absolute Gasteiger partial charge is 0.466 e. The zero-order valence-electron chi connectivity index (χ0n) is 12.9. The van der Waals surface area contributed by atoms with Crippen LogP contribution in [0, 0.1) is 6.92 Å². The van der Waals surface area contributed by atoms with E-state index in [0.717, 1.165) is 17.9 Å². The maximum Gasteiger partial charge on any atom is 0.333 e. The summed E-state index contributed by atoms with van der Waals surface area (Å²) < 4.78 is 4.60. The van der Waals surface area contributed by atoms with E-state index in [9.17, 15) is 9.59 Å². The first kappa shape index (κ1) is 17.6. The van der Waals surface area contributed by atoms with Crippen molar-refractivity contribution in [3.05, 3.63) is 22.9 Å². The minimum absolute atomic E-state index is 0.00574. The van der Waals surface area contributed by atoms with E-state index >= 15 is 0 Å². The van der Waals surface area contributed by atoms with Crippen LogP contribution in [0.1, 0.15) is 12.1 Å². The molecule has 0 saturated carbocycles. The second-order valence-corrected chi connectivity index (χ2v) is 6.82. The predicted octanol–water partition coefficient (Wildman–Crippen LogP) is 1.44. The fraction of sp³-hybridized carbons (Fsp3) is 0.429. The first-order chi connectivity index (χ1) is 11.0. The number of hydrogen-bond donors (Lipinski definition) is 1. The van der Waals surface area contributed by atoms with E-state index in [-0.39, 0.29) is 5.91 Å². The number of hydrogen-bond acceptors (Lipinski definition) is 8. The number of anilines is 1. The van der Waals surface area contributed by atoms with Crippen LogP contribution in [0.4, 0.5) is 5.82 Å². The van der Waals surface area contributed by atoms with E-state index in [0.29, 0.717) is 28.3 Å². The van der Waals surface area contributed by atoms with Crippen LogP contribution >= 0.6 is 23.5 Å². The third-order valence-electron chi connectivity index (χ3n) is 2.96. The minimum atomic E-state index is -0.454. The highest BCUT2D eigenvalue weighted by molar-refractivity contribution is 8.04. The van der Waals surface area contributed by atoms with Gasteiger partial charge in [-0.3, -0.25) is 4.79 Å². The number of ether oxygens (including phenoxy) is 1. The number of aromatic nitrogens is 2. The number of aryl methyl sites for hydroxylation is 1. The highest BCUT2D eigenvalue weighted by Gasteiger charge is 2.26. The van der Waals surface area contributed by atoms with Gasteiger partial charge in [-0.1, -0.05) is 23.5 Å². The summed E-state index contributed by atoms with van der Waals surface area (Å²) in [5.41, 5.74) is 6.52. The van der Waals surface area contributed by atoms with Crippen LogP contribution in [0.25, 0.3) is 0 Å². The van der Waals surface area contributed by atoms with Gasteiger partial charge in [0.1, 0.15) is 5.82 Å². The van der Waals surface area contributed by atoms with Crippen molar-refractivity contribution < 1.29 is 14.3 Å². The Morgan fingerprint density at radius 2 is 2.35 bits per heavy atom. The smallest absolute Gasteiger partial charge is 0.333 e. The average molecular weight is 354 g/mol. The Labute approximate surface area is 143 Å². The van der Waals surface area contributed by atoms with E-state index in [1.807, 2.05) is 6.92 Å². The summed E-state index contributed by atoms with van der Waals surface area (Å²) in [6.45, 7) is 2.41. The Hall–Kier alpha value is -1.74. The van der Waals surface area contributed by atoms with E-state index in [1.165, 1.54) is 36.7 Å². The van der Waals surface area contributed by atoms with Crippen LogP contribution in [0.3, 0.4) is 0 Å². The molecule has 0 bridgehead atoms. The van der Waals surface area contributed by atoms with Gasteiger partial charge in [-0.15, -0.1) is 0 Å². The number of thioether (sulfide) groups is 2. The number of carbonyl (C=O) groups is 2. The van der Waals surface area contributed by atoms with Crippen molar-refractivity contribution >= 4 is 41.2 Å². The number of methoxy groups -OCH3 is 1. The van der Waals surface area contributed by atoms with Crippen LogP contribution < -0.4 is 5.73 Å². The molecule has 9 heteroatoms. The second-order valence-electron chi connectivity index (χ2n) is 4.76. The molecule has 2 rings (SSSR count). The molecule has 1 saturated heterocycles. The number of nitrogens with two attached hydrogens (primary N) is 1. The standard InChI is InChI=1S/C14H18N4O3S2/c1-9-6-10(15)17-14(16-9)22-5-3-4-18-11(19)8-23-12(18)7-13(20)21-2/h6-7H,3-5,8H2,1-2H3,(H2,15,16,17)/b12-7+. The third kappa shape index (κ3) is 5.14. The maximum atomic E-state index is 11.9. The molecular weight excluding hydrogens is 336 g/mol. The van der Waals surface area contributed by atoms with E-state index in [4.69, 9.17) is 5.73 Å². The monoisotopic (exact) mass is 354 g/mol. The Morgan fingerprint density at radius 1 is 1.57 bits per heavy atom. The number of amides is 1. The second kappa shape index (κ2) is 8.21. The normalized spacial score (nSPS) is 16.2. The summed E-state index contributed by atoms with van der Waals surface area (Å²) in [5, 5.41) is 1.28. The molecule has 1 aliphatic rings. The number of nitrogen functional groups attached to an aromatic ring is 1. The average Bonchev–Trinajstić information content (AvgIpc) is 2.83. The molecule has 7 nitrogen and oxygen atoms in total. The highest BCUT2D eigenvalue weighted by atomic mass is 32.2. The van der Waals surface area contributed by atoms with Crippen molar-refractivity contribution in [2.75, 3.05) is 30.9 Å². The fourth-order valence-corrected chi connectivity index (χ4v) is 3.73. The van der Waals surface area contributed by atoms with Crippen LogP contribution in [0.15, 0.2) is 22.3 Å². The minimum Gasteiger partial charge on any atom is -0.466 e. The third-order valence-corrected chi connectivity index (χ3v) is 4.92. The van der Waals surface area contributed by atoms with E-state index in [1.54, 1.807) is 11.0 Å². The zero-order chi connectivity index (χ0) is 16.8. The molecule has 0 aromatic carbocycles. The molecule has 2 heterocycles. The first-order valence-electron chi connectivity index (χ1n) is 6.96. The molecule has 0 unspecified atom stereocenters. The van der Waals surface area contributed by atoms with Crippen LogP contribution in [-0.4, -0.2) is 51.9 Å². The summed E-state index contributed by atoms with van der Waals surface area (Å²) in [4.78, 5) is 33.3. The van der Waals surface area contributed by atoms with Crippen molar-refractivity contribution in [2.24, 2.45) is 0 Å². The quantitative estimate of drug-likeness (QED) is 0.269. The molecule has 1 aromatic heterocycles. The molecule has 1 aliphatic heterocycles. The molecule has 0 radical (unpaired) electrons. The van der Waals surface area contributed by atoms with Gasteiger partial charge in [-0.2, -0.15) is 0 Å². The molecule has 2 N–H and O–H groups in total. The van der Waals surface area contributed by atoms with Gasteiger partial charge in [0.05, 0.1) is 24.0 Å². The number of carbonyl (C=O) groups excluding carboxylic acids is 2. The summed E-state index contributed by atoms with van der Waals surface area (Å²) in [5.74, 6) is 1.11. The number of nitrogens with zero attached hydrogens (tertiary/aromatic N) is 3.